The van der Waals surface area contributed by atoms with Crippen LogP contribution in [0.4, 0.5) is 17.1 Å². The maximum atomic E-state index is 12.4. The minimum Gasteiger partial charge on any atom is -0.366 e. The summed E-state index contributed by atoms with van der Waals surface area (Å²) in [5, 5.41) is 23.7. The number of carbonyl (C=O) groups excluding carboxylic acids is 1. The largest absolute Gasteiger partial charge is 0.366 e. The number of aryl methyl sites for hydroxylation is 1. The molecule has 1 amide bonds. The van der Waals surface area contributed by atoms with Gasteiger partial charge >= 0.3 is 0 Å². The standard InChI is InChI=1S/C22H22N4O3/c1-16-5-8-19(9-6-16)24-22(27)18(15-23)13-17-7-10-20(21(14-17)26(28)29)25-11-3-2-4-12-25/h5-10,13-14H,2-4,11-12H2,1H3,(H,24,27). The maximum Gasteiger partial charge on any atom is 0.293 e. The lowest BCUT2D eigenvalue weighted by atomic mass is 10.1. The summed E-state index contributed by atoms with van der Waals surface area (Å²) in [5.41, 5.74) is 2.51. The number of nitriles is 1. The highest BCUT2D eigenvalue weighted by Crippen LogP contribution is 2.32. The molecule has 1 N–H and O–H groups in total. The van der Waals surface area contributed by atoms with Gasteiger partial charge in [-0.3, -0.25) is 14.9 Å². The summed E-state index contributed by atoms with van der Waals surface area (Å²) in [6.45, 7) is 3.52. The Morgan fingerprint density at radius 1 is 1.17 bits per heavy atom. The summed E-state index contributed by atoms with van der Waals surface area (Å²) in [5.74, 6) is -0.556. The maximum absolute atomic E-state index is 12.4. The molecule has 2 aromatic carbocycles. The lowest BCUT2D eigenvalue weighted by Crippen LogP contribution is -2.29. The van der Waals surface area contributed by atoms with Gasteiger partial charge in [-0.1, -0.05) is 23.8 Å². The molecule has 0 bridgehead atoms. The molecule has 2 aromatic rings. The number of nitrogens with zero attached hydrogens (tertiary/aromatic N) is 3. The average molecular weight is 390 g/mol. The summed E-state index contributed by atoms with van der Waals surface area (Å²) in [4.78, 5) is 25.6. The molecule has 0 aromatic heterocycles. The minimum absolute atomic E-state index is 0.0168. The van der Waals surface area contributed by atoms with E-state index >= 15 is 0 Å². The number of benzene rings is 2. The number of anilines is 2. The van der Waals surface area contributed by atoms with Crippen LogP contribution in [0.1, 0.15) is 30.4 Å². The van der Waals surface area contributed by atoms with E-state index < -0.39 is 10.8 Å². The Hall–Kier alpha value is -3.66. The van der Waals surface area contributed by atoms with Crippen LogP contribution >= 0.6 is 0 Å². The Labute approximate surface area is 169 Å². The zero-order valence-corrected chi connectivity index (χ0v) is 16.2. The quantitative estimate of drug-likeness (QED) is 0.352. The number of amides is 1. The van der Waals surface area contributed by atoms with Crippen molar-refractivity contribution in [2.24, 2.45) is 0 Å². The second kappa shape index (κ2) is 9.02. The molecule has 0 saturated carbocycles. The summed E-state index contributed by atoms with van der Waals surface area (Å²) in [6, 6.07) is 13.9. The first-order valence-corrected chi connectivity index (χ1v) is 9.51. The summed E-state index contributed by atoms with van der Waals surface area (Å²) in [7, 11) is 0. The predicted octanol–water partition coefficient (Wildman–Crippen LogP) is 4.44. The van der Waals surface area contributed by atoms with Crippen LogP contribution in [0.2, 0.25) is 0 Å². The van der Waals surface area contributed by atoms with Crippen molar-refractivity contribution in [2.75, 3.05) is 23.3 Å². The number of hydrogen-bond donors (Lipinski definition) is 1. The monoisotopic (exact) mass is 390 g/mol. The van der Waals surface area contributed by atoms with Crippen LogP contribution in [-0.4, -0.2) is 23.9 Å². The minimum atomic E-state index is -0.556. The number of rotatable bonds is 5. The topological polar surface area (TPSA) is 99.3 Å². The van der Waals surface area contributed by atoms with Gasteiger partial charge in [0.15, 0.2) is 0 Å². The first-order chi connectivity index (χ1) is 14.0. The van der Waals surface area contributed by atoms with E-state index in [1.165, 1.54) is 12.1 Å². The predicted molar refractivity (Wildman–Crippen MR) is 113 cm³/mol. The zero-order chi connectivity index (χ0) is 20.8. The lowest BCUT2D eigenvalue weighted by molar-refractivity contribution is -0.384. The summed E-state index contributed by atoms with van der Waals surface area (Å²) >= 11 is 0. The third-order valence-corrected chi connectivity index (χ3v) is 4.88. The van der Waals surface area contributed by atoms with Gasteiger partial charge in [0.25, 0.3) is 11.6 Å². The zero-order valence-electron chi connectivity index (χ0n) is 16.2. The Morgan fingerprint density at radius 3 is 2.48 bits per heavy atom. The van der Waals surface area contributed by atoms with Crippen molar-refractivity contribution < 1.29 is 9.72 Å². The average Bonchev–Trinajstić information content (AvgIpc) is 2.74. The van der Waals surface area contributed by atoms with E-state index in [1.807, 2.05) is 30.0 Å². The third kappa shape index (κ3) is 4.99. The second-order valence-electron chi connectivity index (χ2n) is 7.04. The molecule has 1 aliphatic rings. The fourth-order valence-electron chi connectivity index (χ4n) is 3.33. The van der Waals surface area contributed by atoms with Crippen LogP contribution < -0.4 is 10.2 Å². The van der Waals surface area contributed by atoms with Crippen molar-refractivity contribution in [3.8, 4) is 6.07 Å². The van der Waals surface area contributed by atoms with E-state index in [9.17, 15) is 20.2 Å². The van der Waals surface area contributed by atoms with Gasteiger partial charge in [-0.25, -0.2) is 0 Å². The molecule has 1 heterocycles. The Balaban J connectivity index is 1.85. The molecule has 7 heteroatoms. The lowest BCUT2D eigenvalue weighted by Gasteiger charge is -2.28. The summed E-state index contributed by atoms with van der Waals surface area (Å²) in [6.07, 6.45) is 4.52. The van der Waals surface area contributed by atoms with Gasteiger partial charge in [0.1, 0.15) is 17.3 Å². The molecular weight excluding hydrogens is 368 g/mol. The van der Waals surface area contributed by atoms with Gasteiger partial charge in [0.05, 0.1) is 4.92 Å². The summed E-state index contributed by atoms with van der Waals surface area (Å²) < 4.78 is 0. The molecule has 3 rings (SSSR count). The van der Waals surface area contributed by atoms with E-state index in [0.717, 1.165) is 37.9 Å². The van der Waals surface area contributed by atoms with Crippen molar-refractivity contribution in [3.63, 3.8) is 0 Å². The first-order valence-electron chi connectivity index (χ1n) is 9.51. The van der Waals surface area contributed by atoms with Crippen molar-refractivity contribution >= 4 is 29.0 Å². The second-order valence-corrected chi connectivity index (χ2v) is 7.04. The van der Waals surface area contributed by atoms with Gasteiger partial charge < -0.3 is 10.2 Å². The molecule has 0 radical (unpaired) electrons. The number of piperidine rings is 1. The number of carbonyl (C=O) groups is 1. The van der Waals surface area contributed by atoms with Gasteiger partial charge in [0.2, 0.25) is 0 Å². The number of nitro benzene ring substituents is 1. The molecule has 0 unspecified atom stereocenters. The fourth-order valence-corrected chi connectivity index (χ4v) is 3.33. The Bertz CT molecular complexity index is 984. The van der Waals surface area contributed by atoms with Crippen LogP contribution in [-0.2, 0) is 4.79 Å². The highest BCUT2D eigenvalue weighted by Gasteiger charge is 2.21. The fraction of sp³-hybridized carbons (Fsp3) is 0.273. The van der Waals surface area contributed by atoms with Crippen LogP contribution in [0.3, 0.4) is 0 Å². The molecule has 1 fully saturated rings. The first kappa shape index (κ1) is 20.1. The highest BCUT2D eigenvalue weighted by molar-refractivity contribution is 6.09. The molecule has 0 aliphatic carbocycles. The van der Waals surface area contributed by atoms with Gasteiger partial charge in [-0.2, -0.15) is 5.26 Å². The van der Waals surface area contributed by atoms with E-state index in [4.69, 9.17) is 0 Å². The smallest absolute Gasteiger partial charge is 0.293 e. The van der Waals surface area contributed by atoms with E-state index in [1.54, 1.807) is 24.3 Å². The molecule has 1 aliphatic heterocycles. The normalized spacial score (nSPS) is 14.2. The Kier molecular flexibility index (Phi) is 6.25. The van der Waals surface area contributed by atoms with Crippen molar-refractivity contribution in [1.29, 1.82) is 5.26 Å². The van der Waals surface area contributed by atoms with E-state index in [0.29, 0.717) is 16.9 Å². The van der Waals surface area contributed by atoms with Gasteiger partial charge in [0, 0.05) is 24.8 Å². The van der Waals surface area contributed by atoms with Crippen LogP contribution in [0.15, 0.2) is 48.0 Å². The highest BCUT2D eigenvalue weighted by atomic mass is 16.6. The number of nitro groups is 1. The molecule has 148 valence electrons. The van der Waals surface area contributed by atoms with Crippen molar-refractivity contribution in [1.82, 2.24) is 0 Å². The molecule has 7 nitrogen and oxygen atoms in total. The third-order valence-electron chi connectivity index (χ3n) is 4.88. The van der Waals surface area contributed by atoms with Crippen LogP contribution in [0.5, 0.6) is 0 Å². The van der Waals surface area contributed by atoms with E-state index in [2.05, 4.69) is 5.32 Å². The number of hydrogen-bond acceptors (Lipinski definition) is 5. The molecule has 0 spiro atoms. The molecule has 0 atom stereocenters. The van der Waals surface area contributed by atoms with E-state index in [-0.39, 0.29) is 11.3 Å². The van der Waals surface area contributed by atoms with Gasteiger partial charge in [-0.15, -0.1) is 0 Å². The van der Waals surface area contributed by atoms with Crippen molar-refractivity contribution in [3.05, 3.63) is 69.3 Å². The van der Waals surface area contributed by atoms with Gasteiger partial charge in [-0.05, 0) is 56.0 Å². The SMILES string of the molecule is Cc1ccc(NC(=O)C(C#N)=Cc2ccc(N3CCCCC3)c([N+](=O)[O-])c2)cc1. The van der Waals surface area contributed by atoms with Crippen LogP contribution in [0.25, 0.3) is 6.08 Å². The molecule has 29 heavy (non-hydrogen) atoms. The number of nitrogens with one attached hydrogen (secondary N) is 1. The molecular formula is C22H22N4O3. The Morgan fingerprint density at radius 2 is 1.86 bits per heavy atom. The van der Waals surface area contributed by atoms with Crippen molar-refractivity contribution in [2.45, 2.75) is 26.2 Å². The van der Waals surface area contributed by atoms with Crippen LogP contribution in [0, 0.1) is 28.4 Å². The molecule has 1 saturated heterocycles.